The van der Waals surface area contributed by atoms with Gasteiger partial charge in [0, 0.05) is 6.04 Å². The molecule has 0 spiro atoms. The Labute approximate surface area is 187 Å². The van der Waals surface area contributed by atoms with Crippen LogP contribution >= 0.6 is 0 Å². The number of rotatable bonds is 7. The van der Waals surface area contributed by atoms with Crippen molar-refractivity contribution in [2.75, 3.05) is 7.05 Å². The van der Waals surface area contributed by atoms with Crippen LogP contribution in [0.5, 0.6) is 0 Å². The minimum absolute atomic E-state index is 0.121. The fourth-order valence-electron chi connectivity index (χ4n) is 7.81. The molecule has 174 valence electrons. The quantitative estimate of drug-likeness (QED) is 0.488. The Morgan fingerprint density at radius 1 is 1.22 bits per heavy atom. The molecule has 4 N–H and O–H groups in total. The molecule has 1 amide bonds. The number of likely N-dealkylation sites (tertiary alicyclic amines) is 1. The summed E-state index contributed by atoms with van der Waals surface area (Å²) < 4.78 is 6.06. The Morgan fingerprint density at radius 3 is 2.50 bits per heavy atom. The standard InChI is InChI=1S/C23H32N4O5/c1-26-16(5-18(28)29)21(31)32-23-8-12-2-13(9-23)7-22(6-12,11-23)19(25)20(30)27-15(10-24)3-14-4-17(14)27/h12-17,19,26H,2-9,11,25H2,1H3,(H,28,29)/t12?,13?,14-,15+,16+,17+,19-,22?,23?/m1/s1. The second-order valence-electron chi connectivity index (χ2n) is 11.0. The molecule has 9 heteroatoms. The molecule has 2 unspecified atom stereocenters. The van der Waals surface area contributed by atoms with Crippen LogP contribution in [0.15, 0.2) is 0 Å². The van der Waals surface area contributed by atoms with Crippen LogP contribution in [0.2, 0.25) is 0 Å². The second-order valence-corrected chi connectivity index (χ2v) is 11.0. The molecular formula is C23H32N4O5. The Morgan fingerprint density at radius 2 is 1.91 bits per heavy atom. The second kappa shape index (κ2) is 7.42. The van der Waals surface area contributed by atoms with Gasteiger partial charge in [0.25, 0.3) is 0 Å². The number of nitrogens with zero attached hydrogens (tertiary/aromatic N) is 2. The van der Waals surface area contributed by atoms with Crippen molar-refractivity contribution in [2.24, 2.45) is 28.9 Å². The van der Waals surface area contributed by atoms with E-state index in [4.69, 9.17) is 15.6 Å². The molecular weight excluding hydrogens is 412 g/mol. The molecule has 0 aromatic carbocycles. The average molecular weight is 445 g/mol. The zero-order valence-corrected chi connectivity index (χ0v) is 18.5. The van der Waals surface area contributed by atoms with Crippen LogP contribution in [0, 0.1) is 34.5 Å². The maximum atomic E-state index is 13.5. The van der Waals surface area contributed by atoms with E-state index in [0.29, 0.717) is 24.2 Å². The first-order valence-corrected chi connectivity index (χ1v) is 11.8. The summed E-state index contributed by atoms with van der Waals surface area (Å²) in [6.07, 6.45) is 6.15. The van der Waals surface area contributed by atoms with Crippen molar-refractivity contribution < 1.29 is 24.2 Å². The van der Waals surface area contributed by atoms with Gasteiger partial charge in [-0.2, -0.15) is 5.26 Å². The zero-order valence-electron chi connectivity index (χ0n) is 18.5. The summed E-state index contributed by atoms with van der Waals surface area (Å²) in [7, 11) is 1.55. The van der Waals surface area contributed by atoms with E-state index in [1.165, 1.54) is 0 Å². The van der Waals surface area contributed by atoms with Crippen molar-refractivity contribution in [1.82, 2.24) is 10.2 Å². The Bertz CT molecular complexity index is 870. The van der Waals surface area contributed by atoms with Crippen LogP contribution < -0.4 is 11.1 Å². The Hall–Kier alpha value is -2.18. The molecule has 7 atom stereocenters. The normalized spacial score (nSPS) is 42.7. The number of likely N-dealkylation sites (N-methyl/N-ethyl adjacent to an activating group) is 1. The maximum Gasteiger partial charge on any atom is 0.324 e. The van der Waals surface area contributed by atoms with E-state index < -0.39 is 35.0 Å². The molecule has 6 aliphatic rings. The molecule has 6 fully saturated rings. The number of carboxylic acids is 1. The van der Waals surface area contributed by atoms with Crippen molar-refractivity contribution in [3.05, 3.63) is 0 Å². The maximum absolute atomic E-state index is 13.5. The van der Waals surface area contributed by atoms with E-state index in [1.807, 2.05) is 0 Å². The first-order chi connectivity index (χ1) is 15.2. The number of nitrogens with one attached hydrogen (secondary N) is 1. The lowest BCUT2D eigenvalue weighted by atomic mass is 9.46. The number of esters is 1. The smallest absolute Gasteiger partial charge is 0.324 e. The zero-order chi connectivity index (χ0) is 22.8. The Kier molecular flexibility index (Phi) is 5.02. The summed E-state index contributed by atoms with van der Waals surface area (Å²) in [6.45, 7) is 0. The number of carboxylic acid groups (broad SMARTS) is 1. The van der Waals surface area contributed by atoms with Gasteiger partial charge < -0.3 is 25.8 Å². The SMILES string of the molecule is CN[C@@H](CC(=O)O)C(=O)OC12CC3CC(C1)CC([C@H](N)C(=O)N1[C@H](C#N)C[C@@H]4C[C@@H]41)(C3)C2. The number of carbonyl (C=O) groups is 3. The molecule has 5 aliphatic carbocycles. The van der Waals surface area contributed by atoms with E-state index >= 15 is 0 Å². The van der Waals surface area contributed by atoms with Crippen LogP contribution in [-0.2, 0) is 19.1 Å². The van der Waals surface area contributed by atoms with Gasteiger partial charge in [0.05, 0.1) is 18.5 Å². The molecule has 0 aromatic heterocycles. The summed E-state index contributed by atoms with van der Waals surface area (Å²) in [5.74, 6) is -0.608. The van der Waals surface area contributed by atoms with Gasteiger partial charge in [-0.15, -0.1) is 0 Å². The van der Waals surface area contributed by atoms with Crippen molar-refractivity contribution in [1.29, 1.82) is 5.26 Å². The van der Waals surface area contributed by atoms with Gasteiger partial charge in [0.1, 0.15) is 17.7 Å². The van der Waals surface area contributed by atoms with Gasteiger partial charge in [-0.25, -0.2) is 0 Å². The largest absolute Gasteiger partial charge is 0.481 e. The van der Waals surface area contributed by atoms with Crippen molar-refractivity contribution in [3.63, 3.8) is 0 Å². The number of nitriles is 1. The van der Waals surface area contributed by atoms with E-state index in [2.05, 4.69) is 11.4 Å². The number of hydrogen-bond donors (Lipinski definition) is 3. The topological polar surface area (TPSA) is 146 Å². The monoisotopic (exact) mass is 444 g/mol. The molecule has 1 aliphatic heterocycles. The number of amides is 1. The van der Waals surface area contributed by atoms with Crippen LogP contribution in [0.25, 0.3) is 0 Å². The molecule has 0 aromatic rings. The average Bonchev–Trinajstić information content (AvgIpc) is 3.39. The summed E-state index contributed by atoms with van der Waals surface area (Å²) in [4.78, 5) is 39.3. The summed E-state index contributed by atoms with van der Waals surface area (Å²) >= 11 is 0. The highest BCUT2D eigenvalue weighted by Crippen LogP contribution is 2.64. The highest BCUT2D eigenvalue weighted by atomic mass is 16.6. The predicted molar refractivity (Wildman–Crippen MR) is 112 cm³/mol. The molecule has 1 heterocycles. The third-order valence-electron chi connectivity index (χ3n) is 8.82. The lowest BCUT2D eigenvalue weighted by Crippen LogP contribution is -2.66. The molecule has 6 rings (SSSR count). The third-order valence-corrected chi connectivity index (χ3v) is 8.82. The number of fused-ring (bicyclic) bond motifs is 1. The fraction of sp³-hybridized carbons (Fsp3) is 0.826. The first-order valence-electron chi connectivity index (χ1n) is 11.8. The highest BCUT2D eigenvalue weighted by Gasteiger charge is 2.64. The summed E-state index contributed by atoms with van der Waals surface area (Å²) in [5.41, 5.74) is 5.58. The van der Waals surface area contributed by atoms with E-state index in [1.54, 1.807) is 11.9 Å². The van der Waals surface area contributed by atoms with Crippen LogP contribution in [0.4, 0.5) is 0 Å². The van der Waals surface area contributed by atoms with Gasteiger partial charge >= 0.3 is 11.9 Å². The number of piperidine rings is 1. The summed E-state index contributed by atoms with van der Waals surface area (Å²) in [6, 6.07) is 0.442. The minimum atomic E-state index is -1.06. The molecule has 9 nitrogen and oxygen atoms in total. The number of carbonyl (C=O) groups excluding carboxylic acids is 2. The highest BCUT2D eigenvalue weighted by molar-refractivity contribution is 5.85. The molecule has 32 heavy (non-hydrogen) atoms. The van der Waals surface area contributed by atoms with Gasteiger partial charge in [0.15, 0.2) is 0 Å². The van der Waals surface area contributed by atoms with Gasteiger partial charge in [-0.1, -0.05) is 0 Å². The van der Waals surface area contributed by atoms with Crippen LogP contribution in [0.3, 0.4) is 0 Å². The number of hydrogen-bond acceptors (Lipinski definition) is 7. The van der Waals surface area contributed by atoms with Gasteiger partial charge in [-0.3, -0.25) is 14.4 Å². The van der Waals surface area contributed by atoms with E-state index in [9.17, 15) is 19.6 Å². The van der Waals surface area contributed by atoms with Crippen molar-refractivity contribution >= 4 is 17.8 Å². The first kappa shape index (κ1) is 21.7. The number of nitrogens with two attached hydrogens (primary N) is 1. The molecule has 4 bridgehead atoms. The summed E-state index contributed by atoms with van der Waals surface area (Å²) in [5, 5.41) is 21.4. The third kappa shape index (κ3) is 3.39. The fourth-order valence-corrected chi connectivity index (χ4v) is 7.81. The lowest BCUT2D eigenvalue weighted by molar-refractivity contribution is -0.208. The van der Waals surface area contributed by atoms with Crippen molar-refractivity contribution in [3.8, 4) is 6.07 Å². The number of aliphatic carboxylic acids is 1. The molecule has 0 radical (unpaired) electrons. The van der Waals surface area contributed by atoms with E-state index in [0.717, 1.165) is 44.9 Å². The Balaban J connectivity index is 1.36. The van der Waals surface area contributed by atoms with Gasteiger partial charge in [-0.05, 0) is 81.6 Å². The van der Waals surface area contributed by atoms with E-state index in [-0.39, 0.29) is 24.4 Å². The van der Waals surface area contributed by atoms with Gasteiger partial charge in [0.2, 0.25) is 5.91 Å². The molecule has 5 saturated carbocycles. The predicted octanol–water partition coefficient (Wildman–Crippen LogP) is 0.772. The van der Waals surface area contributed by atoms with Crippen LogP contribution in [0.1, 0.15) is 57.8 Å². The van der Waals surface area contributed by atoms with Crippen LogP contribution in [-0.4, -0.2) is 64.7 Å². The molecule has 1 saturated heterocycles. The van der Waals surface area contributed by atoms with Crippen molar-refractivity contribution in [2.45, 2.75) is 87.6 Å². The number of ether oxygens (including phenoxy) is 1. The lowest BCUT2D eigenvalue weighted by Gasteiger charge is -2.62. The minimum Gasteiger partial charge on any atom is -0.481 e.